The number of benzene rings is 1. The minimum Gasteiger partial charge on any atom is -0.380 e. The summed E-state index contributed by atoms with van der Waals surface area (Å²) < 4.78 is 7.09. The van der Waals surface area contributed by atoms with Crippen LogP contribution in [0.15, 0.2) is 27.1 Å². The molecular weight excluding hydrogens is 350 g/mol. The standard InChI is InChI=1S/C12H13Br2NO2/c13-9-2-3-11(14)10(8-9)12(16)15-4-1-6-17-7-5-15/h2-3,8H,1,4-7H2. The summed E-state index contributed by atoms with van der Waals surface area (Å²) in [7, 11) is 0. The van der Waals surface area contributed by atoms with E-state index in [2.05, 4.69) is 31.9 Å². The fourth-order valence-corrected chi connectivity index (χ4v) is 2.56. The van der Waals surface area contributed by atoms with Crippen molar-refractivity contribution in [3.63, 3.8) is 0 Å². The molecule has 1 saturated heterocycles. The zero-order valence-electron chi connectivity index (χ0n) is 9.29. The molecule has 0 aromatic heterocycles. The van der Waals surface area contributed by atoms with Gasteiger partial charge in [-0.25, -0.2) is 0 Å². The predicted octanol–water partition coefficient (Wildman–Crippen LogP) is 3.07. The van der Waals surface area contributed by atoms with Gasteiger partial charge in [0.1, 0.15) is 0 Å². The second-order valence-electron chi connectivity index (χ2n) is 3.88. The van der Waals surface area contributed by atoms with Crippen LogP contribution in [0.5, 0.6) is 0 Å². The second-order valence-corrected chi connectivity index (χ2v) is 5.65. The maximum atomic E-state index is 12.3. The Morgan fingerprint density at radius 1 is 1.24 bits per heavy atom. The molecule has 3 nitrogen and oxygen atoms in total. The third kappa shape index (κ3) is 3.30. The lowest BCUT2D eigenvalue weighted by Crippen LogP contribution is -2.33. The summed E-state index contributed by atoms with van der Waals surface area (Å²) in [5.41, 5.74) is 0.696. The summed E-state index contributed by atoms with van der Waals surface area (Å²) >= 11 is 6.81. The number of nitrogens with zero attached hydrogens (tertiary/aromatic N) is 1. The van der Waals surface area contributed by atoms with E-state index >= 15 is 0 Å². The van der Waals surface area contributed by atoms with Crippen molar-refractivity contribution in [3.8, 4) is 0 Å². The van der Waals surface area contributed by atoms with Crippen LogP contribution in [0.3, 0.4) is 0 Å². The lowest BCUT2D eigenvalue weighted by molar-refractivity contribution is 0.0740. The van der Waals surface area contributed by atoms with E-state index in [0.717, 1.165) is 28.5 Å². The van der Waals surface area contributed by atoms with Crippen LogP contribution in [-0.2, 0) is 4.74 Å². The van der Waals surface area contributed by atoms with Gasteiger partial charge >= 0.3 is 0 Å². The van der Waals surface area contributed by atoms with Gasteiger partial charge in [0.25, 0.3) is 5.91 Å². The van der Waals surface area contributed by atoms with Gasteiger partial charge in [0.15, 0.2) is 0 Å². The molecule has 1 fully saturated rings. The van der Waals surface area contributed by atoms with Crippen molar-refractivity contribution in [1.82, 2.24) is 4.90 Å². The molecule has 1 aliphatic rings. The Labute approximate surface area is 117 Å². The fraction of sp³-hybridized carbons (Fsp3) is 0.417. The zero-order chi connectivity index (χ0) is 12.3. The highest BCUT2D eigenvalue weighted by molar-refractivity contribution is 9.11. The summed E-state index contributed by atoms with van der Waals surface area (Å²) in [5, 5.41) is 0. The number of halogens is 2. The molecule has 92 valence electrons. The highest BCUT2D eigenvalue weighted by Gasteiger charge is 2.19. The first kappa shape index (κ1) is 13.1. The molecule has 0 radical (unpaired) electrons. The van der Waals surface area contributed by atoms with E-state index in [4.69, 9.17) is 4.74 Å². The highest BCUT2D eigenvalue weighted by atomic mass is 79.9. The quantitative estimate of drug-likeness (QED) is 0.768. The molecule has 5 heteroatoms. The van der Waals surface area contributed by atoms with Crippen molar-refractivity contribution in [2.45, 2.75) is 6.42 Å². The average molecular weight is 363 g/mol. The second kappa shape index (κ2) is 5.98. The topological polar surface area (TPSA) is 29.5 Å². The highest BCUT2D eigenvalue weighted by Crippen LogP contribution is 2.23. The molecule has 0 aliphatic carbocycles. The molecule has 1 aliphatic heterocycles. The monoisotopic (exact) mass is 361 g/mol. The molecular formula is C12H13Br2NO2. The Hall–Kier alpha value is -0.390. The Morgan fingerprint density at radius 2 is 2.06 bits per heavy atom. The van der Waals surface area contributed by atoms with E-state index in [1.807, 2.05) is 23.1 Å². The summed E-state index contributed by atoms with van der Waals surface area (Å²) in [6.45, 7) is 2.79. The van der Waals surface area contributed by atoms with Gasteiger partial charge in [0.05, 0.1) is 12.2 Å². The minimum absolute atomic E-state index is 0.0590. The fourth-order valence-electron chi connectivity index (χ4n) is 1.78. The first-order chi connectivity index (χ1) is 8.18. The number of hydrogen-bond donors (Lipinski definition) is 0. The normalized spacial score (nSPS) is 16.7. The van der Waals surface area contributed by atoms with Gasteiger partial charge in [0.2, 0.25) is 0 Å². The van der Waals surface area contributed by atoms with Crippen LogP contribution >= 0.6 is 31.9 Å². The van der Waals surface area contributed by atoms with E-state index < -0.39 is 0 Å². The first-order valence-corrected chi connectivity index (χ1v) is 7.09. The van der Waals surface area contributed by atoms with Gasteiger partial charge in [-0.3, -0.25) is 4.79 Å². The molecule has 17 heavy (non-hydrogen) atoms. The van der Waals surface area contributed by atoms with Gasteiger partial charge in [-0.05, 0) is 40.5 Å². The Morgan fingerprint density at radius 3 is 2.88 bits per heavy atom. The lowest BCUT2D eigenvalue weighted by Gasteiger charge is -2.20. The van der Waals surface area contributed by atoms with Gasteiger partial charge in [-0.15, -0.1) is 0 Å². The van der Waals surface area contributed by atoms with Crippen LogP contribution in [-0.4, -0.2) is 37.1 Å². The summed E-state index contributed by atoms with van der Waals surface area (Å²) in [5.74, 6) is 0.0590. The van der Waals surface area contributed by atoms with Crippen molar-refractivity contribution < 1.29 is 9.53 Å². The summed E-state index contributed by atoms with van der Waals surface area (Å²) in [6, 6.07) is 5.64. The van der Waals surface area contributed by atoms with E-state index in [1.54, 1.807) is 0 Å². The minimum atomic E-state index is 0.0590. The number of rotatable bonds is 1. The van der Waals surface area contributed by atoms with Crippen molar-refractivity contribution in [3.05, 3.63) is 32.7 Å². The van der Waals surface area contributed by atoms with Gasteiger partial charge in [0, 0.05) is 28.6 Å². The van der Waals surface area contributed by atoms with Gasteiger partial charge < -0.3 is 9.64 Å². The SMILES string of the molecule is O=C(c1cc(Br)ccc1Br)N1CCCOCC1. The van der Waals surface area contributed by atoms with Crippen molar-refractivity contribution >= 4 is 37.8 Å². The van der Waals surface area contributed by atoms with Crippen molar-refractivity contribution in [1.29, 1.82) is 0 Å². The Bertz CT molecular complexity index is 415. The van der Waals surface area contributed by atoms with Crippen LogP contribution in [0.25, 0.3) is 0 Å². The maximum absolute atomic E-state index is 12.3. The molecule has 0 atom stereocenters. The first-order valence-electron chi connectivity index (χ1n) is 5.50. The third-order valence-corrected chi connectivity index (χ3v) is 3.85. The number of carbonyl (C=O) groups excluding carboxylic acids is 1. The van der Waals surface area contributed by atoms with E-state index in [0.29, 0.717) is 18.7 Å². The summed E-state index contributed by atoms with van der Waals surface area (Å²) in [6.07, 6.45) is 0.900. The lowest BCUT2D eigenvalue weighted by atomic mass is 10.2. The van der Waals surface area contributed by atoms with Crippen LogP contribution in [0.4, 0.5) is 0 Å². The number of ether oxygens (including phenoxy) is 1. The summed E-state index contributed by atoms with van der Waals surface area (Å²) in [4.78, 5) is 14.2. The Kier molecular flexibility index (Phi) is 4.59. The molecule has 1 heterocycles. The maximum Gasteiger partial charge on any atom is 0.255 e. The van der Waals surface area contributed by atoms with Crippen LogP contribution in [0.1, 0.15) is 16.8 Å². The molecule has 0 unspecified atom stereocenters. The number of carbonyl (C=O) groups is 1. The zero-order valence-corrected chi connectivity index (χ0v) is 12.5. The van der Waals surface area contributed by atoms with E-state index in [1.165, 1.54) is 0 Å². The third-order valence-electron chi connectivity index (χ3n) is 2.67. The molecule has 0 N–H and O–H groups in total. The average Bonchev–Trinajstić information content (AvgIpc) is 2.60. The van der Waals surface area contributed by atoms with Gasteiger partial charge in [-0.2, -0.15) is 0 Å². The van der Waals surface area contributed by atoms with Gasteiger partial charge in [-0.1, -0.05) is 15.9 Å². The number of amides is 1. The van der Waals surface area contributed by atoms with Crippen molar-refractivity contribution in [2.24, 2.45) is 0 Å². The van der Waals surface area contributed by atoms with Crippen LogP contribution in [0, 0.1) is 0 Å². The molecule has 1 aromatic carbocycles. The molecule has 0 saturated carbocycles. The predicted molar refractivity (Wildman–Crippen MR) is 73.2 cm³/mol. The van der Waals surface area contributed by atoms with Crippen molar-refractivity contribution in [2.75, 3.05) is 26.3 Å². The Balaban J connectivity index is 2.20. The van der Waals surface area contributed by atoms with E-state index in [9.17, 15) is 4.79 Å². The molecule has 1 aromatic rings. The number of hydrogen-bond acceptors (Lipinski definition) is 2. The largest absolute Gasteiger partial charge is 0.380 e. The van der Waals surface area contributed by atoms with E-state index in [-0.39, 0.29) is 5.91 Å². The smallest absolute Gasteiger partial charge is 0.255 e. The molecule has 1 amide bonds. The molecule has 0 bridgehead atoms. The molecule has 0 spiro atoms. The van der Waals surface area contributed by atoms with Crippen LogP contribution in [0.2, 0.25) is 0 Å². The molecule has 2 rings (SSSR count). The van der Waals surface area contributed by atoms with Crippen LogP contribution < -0.4 is 0 Å².